The van der Waals surface area contributed by atoms with Crippen LogP contribution >= 0.6 is 0 Å². The zero-order chi connectivity index (χ0) is 28.8. The Bertz CT molecular complexity index is 873. The van der Waals surface area contributed by atoms with Crippen molar-refractivity contribution in [2.75, 3.05) is 6.61 Å². The average molecular weight is 567 g/mol. The molecule has 0 radical (unpaired) electrons. The second-order valence-corrected chi connectivity index (χ2v) is 11.3. The van der Waals surface area contributed by atoms with E-state index >= 15 is 0 Å². The molecule has 0 bridgehead atoms. The molecule has 1 aromatic rings. The zero-order valence-electron chi connectivity index (χ0n) is 23.9. The highest BCUT2D eigenvalue weighted by molar-refractivity contribution is 5.69. The second kappa shape index (κ2) is 17.2. The van der Waals surface area contributed by atoms with Crippen molar-refractivity contribution < 1.29 is 38.0 Å². The molecule has 6 unspecified atom stereocenters. The molecule has 0 amide bonds. The molecule has 2 aliphatic rings. The van der Waals surface area contributed by atoms with Crippen LogP contribution in [0.2, 0.25) is 0 Å². The van der Waals surface area contributed by atoms with E-state index in [2.05, 4.69) is 0 Å². The summed E-state index contributed by atoms with van der Waals surface area (Å²) in [5.41, 5.74) is 0.954. The van der Waals surface area contributed by atoms with Gasteiger partial charge < -0.3 is 24.4 Å². The van der Waals surface area contributed by atoms with Crippen LogP contribution < -0.4 is 0 Å². The monoisotopic (exact) mass is 566 g/mol. The van der Waals surface area contributed by atoms with Crippen LogP contribution in [-0.4, -0.2) is 53.3 Å². The van der Waals surface area contributed by atoms with E-state index in [-0.39, 0.29) is 49.6 Å². The number of hydrogen-bond acceptors (Lipinski definition) is 6. The van der Waals surface area contributed by atoms with E-state index in [9.17, 15) is 23.8 Å². The summed E-state index contributed by atoms with van der Waals surface area (Å²) in [6.07, 6.45) is 7.55. The van der Waals surface area contributed by atoms with Crippen LogP contribution in [0.15, 0.2) is 42.5 Å². The van der Waals surface area contributed by atoms with Gasteiger partial charge in [0.25, 0.3) is 5.92 Å². The molecular formula is C32H48F2O6. The fraction of sp³-hybridized carbons (Fsp3) is 0.719. The van der Waals surface area contributed by atoms with Crippen LogP contribution in [0.3, 0.4) is 0 Å². The number of aliphatic hydroxyl groups is 2. The summed E-state index contributed by atoms with van der Waals surface area (Å²) >= 11 is 0. The van der Waals surface area contributed by atoms with E-state index in [1.165, 1.54) is 0 Å². The minimum Gasteiger partial charge on any atom is -0.461 e. The van der Waals surface area contributed by atoms with E-state index in [1.807, 2.05) is 49.4 Å². The number of unbranched alkanes of at least 4 members (excludes halogenated alkanes) is 2. The molecule has 8 heteroatoms. The van der Waals surface area contributed by atoms with Gasteiger partial charge in [0.05, 0.1) is 12.2 Å². The molecule has 0 spiro atoms. The van der Waals surface area contributed by atoms with Crippen molar-refractivity contribution in [3.63, 3.8) is 0 Å². The van der Waals surface area contributed by atoms with Crippen LogP contribution in [0.25, 0.3) is 0 Å². The third-order valence-corrected chi connectivity index (χ3v) is 8.15. The minimum atomic E-state index is -3.12. The van der Waals surface area contributed by atoms with Gasteiger partial charge in [-0.3, -0.25) is 4.79 Å². The maximum Gasteiger partial charge on any atom is 0.306 e. The molecule has 1 aliphatic carbocycles. The maximum atomic E-state index is 14.4. The summed E-state index contributed by atoms with van der Waals surface area (Å²) in [6.45, 7) is 2.76. The van der Waals surface area contributed by atoms with Gasteiger partial charge in [-0.2, -0.15) is 0 Å². The third-order valence-electron chi connectivity index (χ3n) is 8.15. The first-order valence-electron chi connectivity index (χ1n) is 15.2. The van der Waals surface area contributed by atoms with Crippen LogP contribution in [-0.2, 0) is 25.6 Å². The van der Waals surface area contributed by atoms with Gasteiger partial charge in [-0.25, -0.2) is 8.78 Å². The summed E-state index contributed by atoms with van der Waals surface area (Å²) in [5.74, 6) is -3.66. The predicted molar refractivity (Wildman–Crippen MR) is 150 cm³/mol. The van der Waals surface area contributed by atoms with Gasteiger partial charge in [0.1, 0.15) is 12.7 Å². The molecule has 40 heavy (non-hydrogen) atoms. The number of hydrogen-bond donors (Lipinski definition) is 2. The molecule has 2 N–H and O–H groups in total. The van der Waals surface area contributed by atoms with Gasteiger partial charge in [0.15, 0.2) is 6.29 Å². The summed E-state index contributed by atoms with van der Waals surface area (Å²) in [6, 6.07) is 9.56. The molecule has 1 heterocycles. The highest BCUT2D eigenvalue weighted by Gasteiger charge is 2.45. The van der Waals surface area contributed by atoms with Gasteiger partial charge in [-0.15, -0.1) is 0 Å². The topological polar surface area (TPSA) is 85.2 Å². The largest absolute Gasteiger partial charge is 0.461 e. The van der Waals surface area contributed by atoms with E-state index in [0.29, 0.717) is 58.0 Å². The standard InChI is InChI=1S/C32H48F2O6/c1-2-3-20-32(33,34)29(36)19-18-26-25(27(35)22-28(26)40-31-17-11-12-21-38-31)15-9-4-5-10-16-30(37)39-23-24-13-7-6-8-14-24/h4,6-9,13-14,25-29,31,35-36H,2-3,5,10-12,15-23H2,1H3. The first kappa shape index (κ1) is 32.6. The number of halogens is 2. The lowest BCUT2D eigenvalue weighted by atomic mass is 9.85. The molecule has 1 aliphatic heterocycles. The van der Waals surface area contributed by atoms with Crippen molar-refractivity contribution in [2.45, 2.75) is 128 Å². The average Bonchev–Trinajstić information content (AvgIpc) is 3.25. The summed E-state index contributed by atoms with van der Waals surface area (Å²) in [4.78, 5) is 12.0. The quantitative estimate of drug-likeness (QED) is 0.124. The summed E-state index contributed by atoms with van der Waals surface area (Å²) in [5, 5.41) is 21.2. The van der Waals surface area contributed by atoms with Crippen LogP contribution in [0, 0.1) is 11.8 Å². The highest BCUT2D eigenvalue weighted by atomic mass is 19.3. The molecule has 1 aromatic carbocycles. The molecular weight excluding hydrogens is 518 g/mol. The lowest BCUT2D eigenvalue weighted by Crippen LogP contribution is -2.36. The van der Waals surface area contributed by atoms with Crippen LogP contribution in [0.1, 0.15) is 96.0 Å². The Morgan fingerprint density at radius 1 is 1.18 bits per heavy atom. The van der Waals surface area contributed by atoms with Gasteiger partial charge in [-0.1, -0.05) is 55.8 Å². The van der Waals surface area contributed by atoms with Crippen molar-refractivity contribution in [3.05, 3.63) is 48.0 Å². The highest BCUT2D eigenvalue weighted by Crippen LogP contribution is 2.42. The Morgan fingerprint density at radius 3 is 2.70 bits per heavy atom. The Labute approximate surface area is 238 Å². The molecule has 226 valence electrons. The molecule has 6 nitrogen and oxygen atoms in total. The fourth-order valence-corrected chi connectivity index (χ4v) is 5.74. The fourth-order valence-electron chi connectivity index (χ4n) is 5.74. The number of alkyl halides is 2. The van der Waals surface area contributed by atoms with Crippen molar-refractivity contribution in [3.8, 4) is 0 Å². The smallest absolute Gasteiger partial charge is 0.306 e. The Kier molecular flexibility index (Phi) is 14.0. The number of rotatable bonds is 17. The summed E-state index contributed by atoms with van der Waals surface area (Å²) in [7, 11) is 0. The molecule has 1 saturated heterocycles. The molecule has 0 aromatic heterocycles. The number of allylic oxidation sites excluding steroid dienone is 2. The summed E-state index contributed by atoms with van der Waals surface area (Å²) < 4.78 is 46.2. The number of carbonyl (C=O) groups excluding carboxylic acids is 1. The Hall–Kier alpha value is -1.87. The predicted octanol–water partition coefficient (Wildman–Crippen LogP) is 6.72. The van der Waals surface area contributed by atoms with Gasteiger partial charge in [0.2, 0.25) is 0 Å². The number of aliphatic hydroxyl groups excluding tert-OH is 2. The number of benzene rings is 1. The SMILES string of the molecule is CCCCC(F)(F)C(O)CCC1C(OC2CCCCO2)CC(O)C1CC=CCCCC(=O)OCc1ccccc1. The van der Waals surface area contributed by atoms with E-state index in [0.717, 1.165) is 24.8 Å². The minimum absolute atomic E-state index is 0.0369. The lowest BCUT2D eigenvalue weighted by molar-refractivity contribution is -0.197. The normalized spacial score (nSPS) is 26.3. The van der Waals surface area contributed by atoms with Crippen molar-refractivity contribution >= 4 is 5.97 Å². The molecule has 3 rings (SSSR count). The van der Waals surface area contributed by atoms with Gasteiger partial charge >= 0.3 is 5.97 Å². The van der Waals surface area contributed by atoms with E-state index in [1.54, 1.807) is 0 Å². The molecule has 1 saturated carbocycles. The Balaban J connectivity index is 1.48. The number of carbonyl (C=O) groups is 1. The second-order valence-electron chi connectivity index (χ2n) is 11.3. The first-order valence-corrected chi connectivity index (χ1v) is 15.2. The van der Waals surface area contributed by atoms with Crippen LogP contribution in [0.5, 0.6) is 0 Å². The molecule has 2 fully saturated rings. The van der Waals surface area contributed by atoms with Crippen LogP contribution in [0.4, 0.5) is 8.78 Å². The number of esters is 1. The Morgan fingerprint density at radius 2 is 1.98 bits per heavy atom. The number of ether oxygens (including phenoxy) is 3. The van der Waals surface area contributed by atoms with E-state index in [4.69, 9.17) is 14.2 Å². The van der Waals surface area contributed by atoms with Crippen molar-refractivity contribution in [1.29, 1.82) is 0 Å². The van der Waals surface area contributed by atoms with E-state index < -0.39 is 18.1 Å². The molecule has 6 atom stereocenters. The zero-order valence-corrected chi connectivity index (χ0v) is 23.9. The van der Waals surface area contributed by atoms with Crippen molar-refractivity contribution in [1.82, 2.24) is 0 Å². The maximum absolute atomic E-state index is 14.4. The first-order chi connectivity index (χ1) is 19.3. The van der Waals surface area contributed by atoms with Crippen molar-refractivity contribution in [2.24, 2.45) is 11.8 Å². The van der Waals surface area contributed by atoms with Gasteiger partial charge in [-0.05, 0) is 75.2 Å². The van der Waals surface area contributed by atoms with Gasteiger partial charge in [0, 0.05) is 25.9 Å². The third kappa shape index (κ3) is 10.8. The lowest BCUT2D eigenvalue weighted by Gasteiger charge is -2.31.